The van der Waals surface area contributed by atoms with Crippen molar-refractivity contribution in [2.75, 3.05) is 19.8 Å². The standard InChI is InChI=1S/C18H17NO4/c20-18(14-2-4-15-13(10-14)5-6-21-15)19-11-12-1-3-16-17(9-12)23-8-7-22-16/h1-4,9-10H,5-8,11H2,(H,19,20). The topological polar surface area (TPSA) is 56.8 Å². The van der Waals surface area contributed by atoms with Crippen LogP contribution >= 0.6 is 0 Å². The molecule has 5 heteroatoms. The van der Waals surface area contributed by atoms with Crippen LogP contribution in [0.25, 0.3) is 0 Å². The predicted octanol–water partition coefficient (Wildman–Crippen LogP) is 2.32. The van der Waals surface area contributed by atoms with Crippen molar-refractivity contribution in [3.63, 3.8) is 0 Å². The summed E-state index contributed by atoms with van der Waals surface area (Å²) in [5.74, 6) is 2.28. The highest BCUT2D eigenvalue weighted by atomic mass is 16.6. The smallest absolute Gasteiger partial charge is 0.251 e. The molecule has 0 spiro atoms. The maximum Gasteiger partial charge on any atom is 0.251 e. The molecule has 0 aliphatic carbocycles. The van der Waals surface area contributed by atoms with Gasteiger partial charge in [0.15, 0.2) is 11.5 Å². The number of benzene rings is 2. The number of amides is 1. The van der Waals surface area contributed by atoms with E-state index in [1.54, 1.807) is 6.07 Å². The molecule has 118 valence electrons. The van der Waals surface area contributed by atoms with Gasteiger partial charge in [0.25, 0.3) is 5.91 Å². The van der Waals surface area contributed by atoms with Crippen LogP contribution < -0.4 is 19.5 Å². The van der Waals surface area contributed by atoms with Crippen molar-refractivity contribution in [1.82, 2.24) is 5.32 Å². The Kier molecular flexibility index (Phi) is 3.54. The zero-order valence-electron chi connectivity index (χ0n) is 12.6. The van der Waals surface area contributed by atoms with Gasteiger partial charge in [0.2, 0.25) is 0 Å². The number of hydrogen-bond acceptors (Lipinski definition) is 4. The van der Waals surface area contributed by atoms with Crippen LogP contribution in [0.3, 0.4) is 0 Å². The molecule has 0 saturated carbocycles. The molecule has 4 rings (SSSR count). The van der Waals surface area contributed by atoms with E-state index in [1.165, 1.54) is 0 Å². The second-order valence-corrected chi connectivity index (χ2v) is 5.58. The van der Waals surface area contributed by atoms with Crippen molar-refractivity contribution in [3.8, 4) is 17.2 Å². The fraction of sp³-hybridized carbons (Fsp3) is 0.278. The van der Waals surface area contributed by atoms with E-state index in [0.29, 0.717) is 31.9 Å². The Morgan fingerprint density at radius 1 is 0.913 bits per heavy atom. The van der Waals surface area contributed by atoms with E-state index in [2.05, 4.69) is 5.32 Å². The minimum absolute atomic E-state index is 0.0883. The molecule has 2 aliphatic rings. The Labute approximate surface area is 134 Å². The summed E-state index contributed by atoms with van der Waals surface area (Å²) >= 11 is 0. The number of ether oxygens (including phenoxy) is 3. The second-order valence-electron chi connectivity index (χ2n) is 5.58. The lowest BCUT2D eigenvalue weighted by atomic mass is 10.1. The molecule has 0 radical (unpaired) electrons. The molecular weight excluding hydrogens is 294 g/mol. The quantitative estimate of drug-likeness (QED) is 0.945. The van der Waals surface area contributed by atoms with Gasteiger partial charge < -0.3 is 19.5 Å². The van der Waals surface area contributed by atoms with Crippen molar-refractivity contribution in [1.29, 1.82) is 0 Å². The summed E-state index contributed by atoms with van der Waals surface area (Å²) in [6.45, 7) is 2.27. The van der Waals surface area contributed by atoms with E-state index < -0.39 is 0 Å². The number of carbonyl (C=O) groups excluding carboxylic acids is 1. The van der Waals surface area contributed by atoms with Crippen LogP contribution in [0, 0.1) is 0 Å². The molecule has 0 atom stereocenters. The van der Waals surface area contributed by atoms with Crippen LogP contribution in [0.2, 0.25) is 0 Å². The molecule has 5 nitrogen and oxygen atoms in total. The van der Waals surface area contributed by atoms with E-state index in [-0.39, 0.29) is 5.91 Å². The summed E-state index contributed by atoms with van der Waals surface area (Å²) < 4.78 is 16.5. The fourth-order valence-corrected chi connectivity index (χ4v) is 2.81. The van der Waals surface area contributed by atoms with Gasteiger partial charge in [-0.15, -0.1) is 0 Å². The zero-order valence-corrected chi connectivity index (χ0v) is 12.6. The third kappa shape index (κ3) is 2.82. The Morgan fingerprint density at radius 2 is 1.70 bits per heavy atom. The molecule has 0 bridgehead atoms. The van der Waals surface area contributed by atoms with Gasteiger partial charge in [0.05, 0.1) is 6.61 Å². The minimum atomic E-state index is -0.0883. The van der Waals surface area contributed by atoms with E-state index in [1.807, 2.05) is 30.3 Å². The van der Waals surface area contributed by atoms with E-state index >= 15 is 0 Å². The van der Waals surface area contributed by atoms with E-state index in [0.717, 1.165) is 34.8 Å². The normalized spacial score (nSPS) is 14.8. The van der Waals surface area contributed by atoms with Gasteiger partial charge in [0.1, 0.15) is 19.0 Å². The number of rotatable bonds is 3. The minimum Gasteiger partial charge on any atom is -0.493 e. The van der Waals surface area contributed by atoms with Crippen LogP contribution in [-0.4, -0.2) is 25.7 Å². The van der Waals surface area contributed by atoms with Gasteiger partial charge in [-0.3, -0.25) is 4.79 Å². The van der Waals surface area contributed by atoms with Crippen LogP contribution in [0.5, 0.6) is 17.2 Å². The molecule has 23 heavy (non-hydrogen) atoms. The largest absolute Gasteiger partial charge is 0.493 e. The maximum atomic E-state index is 12.3. The molecule has 2 aliphatic heterocycles. The molecule has 2 aromatic carbocycles. The van der Waals surface area contributed by atoms with Gasteiger partial charge in [-0.2, -0.15) is 0 Å². The summed E-state index contributed by atoms with van der Waals surface area (Å²) in [5.41, 5.74) is 2.73. The molecule has 0 unspecified atom stereocenters. The highest BCUT2D eigenvalue weighted by Crippen LogP contribution is 2.30. The first kappa shape index (κ1) is 13.9. The summed E-state index contributed by atoms with van der Waals surface area (Å²) in [7, 11) is 0. The molecule has 2 heterocycles. The number of hydrogen-bond donors (Lipinski definition) is 1. The summed E-state index contributed by atoms with van der Waals surface area (Å²) in [4.78, 5) is 12.3. The van der Waals surface area contributed by atoms with E-state index in [9.17, 15) is 4.79 Å². The third-order valence-electron chi connectivity index (χ3n) is 4.01. The van der Waals surface area contributed by atoms with Gasteiger partial charge in [-0.05, 0) is 41.5 Å². The molecule has 2 aromatic rings. The average Bonchev–Trinajstić information content (AvgIpc) is 3.07. The number of nitrogens with one attached hydrogen (secondary N) is 1. The second kappa shape index (κ2) is 5.83. The Morgan fingerprint density at radius 3 is 2.61 bits per heavy atom. The SMILES string of the molecule is O=C(NCc1ccc2c(c1)OCCO2)c1ccc2c(c1)CCO2. The van der Waals surface area contributed by atoms with Gasteiger partial charge in [0, 0.05) is 18.5 Å². The number of fused-ring (bicyclic) bond motifs is 2. The van der Waals surface area contributed by atoms with Crippen LogP contribution in [0.1, 0.15) is 21.5 Å². The Balaban J connectivity index is 1.43. The van der Waals surface area contributed by atoms with Crippen molar-refractivity contribution < 1.29 is 19.0 Å². The molecule has 0 saturated heterocycles. The highest BCUT2D eigenvalue weighted by Gasteiger charge is 2.15. The Bertz CT molecular complexity index is 757. The van der Waals surface area contributed by atoms with Crippen molar-refractivity contribution >= 4 is 5.91 Å². The van der Waals surface area contributed by atoms with Gasteiger partial charge in [-0.1, -0.05) is 6.07 Å². The third-order valence-corrected chi connectivity index (χ3v) is 4.01. The van der Waals surface area contributed by atoms with Crippen LogP contribution in [-0.2, 0) is 13.0 Å². The lowest BCUT2D eigenvalue weighted by molar-refractivity contribution is 0.0950. The molecule has 1 amide bonds. The van der Waals surface area contributed by atoms with Crippen LogP contribution in [0.15, 0.2) is 36.4 Å². The molecule has 0 fully saturated rings. The molecular formula is C18H17NO4. The highest BCUT2D eigenvalue weighted by molar-refractivity contribution is 5.94. The average molecular weight is 311 g/mol. The maximum absolute atomic E-state index is 12.3. The monoisotopic (exact) mass is 311 g/mol. The first-order chi connectivity index (χ1) is 11.3. The lowest BCUT2D eigenvalue weighted by Crippen LogP contribution is -2.23. The van der Waals surface area contributed by atoms with Gasteiger partial charge in [-0.25, -0.2) is 0 Å². The summed E-state index contributed by atoms with van der Waals surface area (Å²) in [6.07, 6.45) is 0.860. The number of carbonyl (C=O) groups is 1. The first-order valence-electron chi connectivity index (χ1n) is 7.72. The Hall–Kier alpha value is -2.69. The predicted molar refractivity (Wildman–Crippen MR) is 84.2 cm³/mol. The van der Waals surface area contributed by atoms with Crippen molar-refractivity contribution in [2.45, 2.75) is 13.0 Å². The van der Waals surface area contributed by atoms with Crippen LogP contribution in [0.4, 0.5) is 0 Å². The fourth-order valence-electron chi connectivity index (χ4n) is 2.81. The van der Waals surface area contributed by atoms with E-state index in [4.69, 9.17) is 14.2 Å². The lowest BCUT2D eigenvalue weighted by Gasteiger charge is -2.19. The summed E-state index contributed by atoms with van der Waals surface area (Å²) in [6, 6.07) is 11.3. The van der Waals surface area contributed by atoms with Gasteiger partial charge >= 0.3 is 0 Å². The van der Waals surface area contributed by atoms with Crippen molar-refractivity contribution in [2.24, 2.45) is 0 Å². The zero-order chi connectivity index (χ0) is 15.6. The summed E-state index contributed by atoms with van der Waals surface area (Å²) in [5, 5.41) is 2.94. The molecule has 0 aromatic heterocycles. The first-order valence-corrected chi connectivity index (χ1v) is 7.72. The van der Waals surface area contributed by atoms with Crippen molar-refractivity contribution in [3.05, 3.63) is 53.1 Å². The molecule has 1 N–H and O–H groups in total.